The van der Waals surface area contributed by atoms with E-state index in [0.717, 1.165) is 67.7 Å². The summed E-state index contributed by atoms with van der Waals surface area (Å²) in [6.45, 7) is 17.9. The van der Waals surface area contributed by atoms with Crippen molar-refractivity contribution < 1.29 is 26.7 Å². The summed E-state index contributed by atoms with van der Waals surface area (Å²) in [4.78, 5) is 11.0. The molecule has 0 amide bonds. The summed E-state index contributed by atoms with van der Waals surface area (Å²) in [5.41, 5.74) is 11.5. The van der Waals surface area contributed by atoms with Gasteiger partial charge in [-0.15, -0.1) is 11.5 Å². The van der Waals surface area contributed by atoms with E-state index in [1.165, 1.54) is 273 Å². The Balaban J connectivity index is 0.00000199. The van der Waals surface area contributed by atoms with Gasteiger partial charge in [0, 0.05) is 6.42 Å². The topological polar surface area (TPSA) is 70.8 Å². The van der Waals surface area contributed by atoms with E-state index < -0.39 is 0 Å². The molecule has 0 unspecified atom stereocenters. The molecule has 0 aliphatic rings. The molecule has 0 N–H and O–H groups in total. The maximum atomic E-state index is 11.5. The fourth-order valence-corrected chi connectivity index (χ4v) is 11.5. The number of benzene rings is 3. The fourth-order valence-electron chi connectivity index (χ4n) is 11.5. The van der Waals surface area contributed by atoms with Crippen molar-refractivity contribution in [1.29, 1.82) is 0 Å². The Morgan fingerprint density at radius 2 is 0.614 bits per heavy atom. The Morgan fingerprint density at radius 1 is 0.313 bits per heavy atom. The number of unbranched alkanes of at least 4 members (excludes halogenated alkanes) is 33. The minimum atomic E-state index is -0.294. The van der Waals surface area contributed by atoms with Crippen molar-refractivity contribution in [2.45, 2.75) is 364 Å². The van der Waals surface area contributed by atoms with Crippen LogP contribution in [0.2, 0.25) is 0 Å². The zero-order chi connectivity index (χ0) is 59.4. The summed E-state index contributed by atoms with van der Waals surface area (Å²) in [7, 11) is 0. The SMILES string of the molecule is CCCCCCCCCCCCCCCCCCCCCCCCCC#CC(=Nc1ccc(CCCCC)c(CCCCC)c1)C(CCCCC)=Nc1ccc(CCCCC)c(CCCCC)c1.CCCc1ccc(CCC)c([O-])c1[O-].[Ni+2]. The van der Waals surface area contributed by atoms with E-state index in [4.69, 9.17) is 9.98 Å². The van der Waals surface area contributed by atoms with Gasteiger partial charge < -0.3 is 10.2 Å². The van der Waals surface area contributed by atoms with Crippen LogP contribution in [0, 0.1) is 11.8 Å². The van der Waals surface area contributed by atoms with E-state index in [9.17, 15) is 10.2 Å². The molecule has 472 valence electrons. The van der Waals surface area contributed by atoms with Crippen LogP contribution in [0.25, 0.3) is 0 Å². The summed E-state index contributed by atoms with van der Waals surface area (Å²) in [5.74, 6) is 6.74. The monoisotopic (exact) mass is 1180 g/mol. The number of aryl methyl sites for hydroxylation is 6. The van der Waals surface area contributed by atoms with Gasteiger partial charge in [0.05, 0.1) is 17.1 Å². The molecule has 3 rings (SSSR count). The molecule has 0 heterocycles. The molecule has 83 heavy (non-hydrogen) atoms. The van der Waals surface area contributed by atoms with Crippen LogP contribution in [-0.2, 0) is 55.0 Å². The van der Waals surface area contributed by atoms with Gasteiger partial charge in [0.2, 0.25) is 0 Å². The normalized spacial score (nSPS) is 11.6. The molecule has 0 aromatic heterocycles. The van der Waals surface area contributed by atoms with Gasteiger partial charge in [0.25, 0.3) is 0 Å². The molecule has 3 aromatic carbocycles. The molecule has 0 aliphatic heterocycles. The molecule has 0 atom stereocenters. The van der Waals surface area contributed by atoms with Crippen LogP contribution in [-0.4, -0.2) is 11.4 Å². The van der Waals surface area contributed by atoms with Crippen molar-refractivity contribution in [2.75, 3.05) is 0 Å². The third kappa shape index (κ3) is 38.4. The van der Waals surface area contributed by atoms with Crippen molar-refractivity contribution >= 4 is 22.8 Å². The summed E-state index contributed by atoms with van der Waals surface area (Å²) in [6, 6.07) is 17.8. The Bertz CT molecular complexity index is 2100. The minimum Gasteiger partial charge on any atom is -0.873 e. The fraction of sp³-hybridized carbons (Fsp3) is 0.718. The predicted octanol–water partition coefficient (Wildman–Crippen LogP) is 24.2. The average molecular weight is 1180 g/mol. The van der Waals surface area contributed by atoms with Gasteiger partial charge in [-0.1, -0.05) is 315 Å². The number of rotatable bonds is 50. The molecular weight excluding hydrogens is 1060 g/mol. The number of nitrogens with zero attached hydrogens (tertiary/aromatic N) is 2. The summed E-state index contributed by atoms with van der Waals surface area (Å²) < 4.78 is 0. The molecule has 4 nitrogen and oxygen atoms in total. The standard InChI is InChI=1S/C66H112N2.C12H18O2.Ni/c1-7-13-19-20-21-22-23-24-25-26-27-28-29-30-31-32-33-34-35-36-37-38-39-40-46-52-66(68-64-56-54-60(48-42-15-9-3)62(58-64)50-44-17-11-5)65(51-45-18-12-6)67-63-55-53-59(47-41-14-8-2)61(57-63)49-43-16-10-4;1-3-5-9-7-8-10(6-4-2)12(14)11(9)13;/h53-58H,7-45,47-51H2,1-6H3;7-8,13-14H,3-6H2,1-2H3;/q;;+2/p-2. The van der Waals surface area contributed by atoms with Crippen molar-refractivity contribution in [1.82, 2.24) is 0 Å². The second-order valence-electron chi connectivity index (χ2n) is 24.6. The second-order valence-corrected chi connectivity index (χ2v) is 24.6. The first-order chi connectivity index (χ1) is 40.3. The first-order valence-electron chi connectivity index (χ1n) is 35.7. The van der Waals surface area contributed by atoms with Gasteiger partial charge in [0.1, 0.15) is 5.71 Å². The summed E-state index contributed by atoms with van der Waals surface area (Å²) in [5, 5.41) is 23.1. The van der Waals surface area contributed by atoms with Crippen LogP contribution in [0.4, 0.5) is 11.4 Å². The van der Waals surface area contributed by atoms with Gasteiger partial charge in [-0.2, -0.15) is 0 Å². The minimum absolute atomic E-state index is 0. The zero-order valence-electron chi connectivity index (χ0n) is 55.6. The third-order valence-electron chi connectivity index (χ3n) is 16.8. The van der Waals surface area contributed by atoms with E-state index >= 15 is 0 Å². The van der Waals surface area contributed by atoms with Crippen LogP contribution >= 0.6 is 0 Å². The molecule has 3 aromatic rings. The average Bonchev–Trinajstić information content (AvgIpc) is 3.49. The van der Waals surface area contributed by atoms with E-state index in [-0.39, 0.29) is 28.0 Å². The maximum absolute atomic E-state index is 11.5. The molecule has 0 bridgehead atoms. The molecular formula is C78H128N2NiO2. The zero-order valence-corrected chi connectivity index (χ0v) is 56.6. The number of hydrogen-bond acceptors (Lipinski definition) is 4. The second kappa shape index (κ2) is 55.2. The Labute approximate surface area is 525 Å². The summed E-state index contributed by atoms with van der Waals surface area (Å²) >= 11 is 0. The molecule has 0 spiro atoms. The molecule has 0 radical (unpaired) electrons. The first kappa shape index (κ1) is 77.7. The molecule has 0 saturated carbocycles. The smallest absolute Gasteiger partial charge is 0.873 e. The van der Waals surface area contributed by atoms with E-state index in [1.54, 1.807) is 12.1 Å². The molecule has 0 fully saturated rings. The van der Waals surface area contributed by atoms with Crippen LogP contribution < -0.4 is 10.2 Å². The van der Waals surface area contributed by atoms with Gasteiger partial charge in [0.15, 0.2) is 0 Å². The van der Waals surface area contributed by atoms with Gasteiger partial charge in [-0.25, -0.2) is 4.99 Å². The van der Waals surface area contributed by atoms with Gasteiger partial charge in [-0.3, -0.25) is 4.99 Å². The van der Waals surface area contributed by atoms with E-state index in [1.807, 2.05) is 13.8 Å². The Hall–Kier alpha value is -3.35. The quantitative estimate of drug-likeness (QED) is 0.0245. The number of hydrogen-bond donors (Lipinski definition) is 0. The van der Waals surface area contributed by atoms with Crippen molar-refractivity contribution in [3.05, 3.63) is 81.9 Å². The van der Waals surface area contributed by atoms with E-state index in [2.05, 4.69) is 89.8 Å². The van der Waals surface area contributed by atoms with Crippen LogP contribution in [0.3, 0.4) is 0 Å². The van der Waals surface area contributed by atoms with Crippen molar-refractivity contribution in [2.24, 2.45) is 9.98 Å². The molecule has 5 heteroatoms. The summed E-state index contributed by atoms with van der Waals surface area (Å²) in [6.07, 6.45) is 61.1. The van der Waals surface area contributed by atoms with Gasteiger partial charge >= 0.3 is 16.5 Å². The van der Waals surface area contributed by atoms with Crippen LogP contribution in [0.1, 0.15) is 358 Å². The van der Waals surface area contributed by atoms with Crippen molar-refractivity contribution in [3.63, 3.8) is 0 Å². The molecule has 0 saturated heterocycles. The Kier molecular flexibility index (Phi) is 51.7. The van der Waals surface area contributed by atoms with E-state index in [0.29, 0.717) is 24.0 Å². The Morgan fingerprint density at radius 3 is 0.976 bits per heavy atom. The molecule has 0 aliphatic carbocycles. The largest absolute Gasteiger partial charge is 2.00 e. The van der Waals surface area contributed by atoms with Crippen molar-refractivity contribution in [3.8, 4) is 23.3 Å². The first-order valence-corrected chi connectivity index (χ1v) is 35.7. The number of aliphatic imine (C=N–C) groups is 2. The van der Waals surface area contributed by atoms with Gasteiger partial charge in [-0.05, 0) is 136 Å². The predicted molar refractivity (Wildman–Crippen MR) is 362 cm³/mol. The van der Waals surface area contributed by atoms with Crippen LogP contribution in [0.5, 0.6) is 11.5 Å². The maximum Gasteiger partial charge on any atom is 2.00 e. The van der Waals surface area contributed by atoms with Crippen LogP contribution in [0.15, 0.2) is 58.5 Å². The third-order valence-corrected chi connectivity index (χ3v) is 16.8.